The Balaban J connectivity index is 2.65. The number of ether oxygens (including phenoxy) is 1. The van der Waals surface area contributed by atoms with Gasteiger partial charge < -0.3 is 15.8 Å². The number of benzene rings is 1. The van der Waals surface area contributed by atoms with Crippen LogP contribution >= 0.6 is 0 Å². The molecular weight excluding hydrogens is 220 g/mol. The quantitative estimate of drug-likeness (QED) is 0.779. The summed E-state index contributed by atoms with van der Waals surface area (Å²) < 4.78 is 4.50. The number of carbonyl (C=O) groups excluding carboxylic acids is 2. The van der Waals surface area contributed by atoms with Gasteiger partial charge in [-0.1, -0.05) is 24.3 Å². The molecule has 1 aromatic carbocycles. The summed E-state index contributed by atoms with van der Waals surface area (Å²) in [4.78, 5) is 21.5. The van der Waals surface area contributed by atoms with Crippen molar-refractivity contribution in [2.75, 3.05) is 12.4 Å². The number of rotatable bonds is 4. The molecule has 0 aliphatic carbocycles. The number of esters is 1. The third-order valence-corrected chi connectivity index (χ3v) is 1.98. The zero-order chi connectivity index (χ0) is 12.7. The number of urea groups is 1. The number of hydrogen-bond acceptors (Lipinski definition) is 3. The van der Waals surface area contributed by atoms with E-state index < -0.39 is 6.03 Å². The number of nitrogens with two attached hydrogens (primary N) is 1. The van der Waals surface area contributed by atoms with Crippen LogP contribution in [-0.2, 0) is 9.53 Å². The SMILES string of the molecule is COC(=O)CC=Cc1cccc(NC(N)=O)c1. The van der Waals surface area contributed by atoms with Gasteiger partial charge >= 0.3 is 12.0 Å². The van der Waals surface area contributed by atoms with Crippen LogP contribution < -0.4 is 11.1 Å². The van der Waals surface area contributed by atoms with Gasteiger partial charge in [0.2, 0.25) is 0 Å². The van der Waals surface area contributed by atoms with Crippen LogP contribution in [0.2, 0.25) is 0 Å². The third kappa shape index (κ3) is 4.83. The molecular formula is C12H14N2O3. The number of anilines is 1. The van der Waals surface area contributed by atoms with Crippen LogP contribution in [0.5, 0.6) is 0 Å². The van der Waals surface area contributed by atoms with Gasteiger partial charge in [0, 0.05) is 5.69 Å². The van der Waals surface area contributed by atoms with Gasteiger partial charge in [0.05, 0.1) is 13.5 Å². The summed E-state index contributed by atoms with van der Waals surface area (Å²) in [6.07, 6.45) is 3.67. The standard InChI is InChI=1S/C12H14N2O3/c1-17-11(15)7-3-5-9-4-2-6-10(8-9)14-12(13)16/h2-6,8H,7H2,1H3,(H3,13,14,16). The Morgan fingerprint density at radius 1 is 1.47 bits per heavy atom. The molecule has 5 heteroatoms. The predicted molar refractivity (Wildman–Crippen MR) is 65.3 cm³/mol. The first-order valence-corrected chi connectivity index (χ1v) is 5.01. The highest BCUT2D eigenvalue weighted by molar-refractivity contribution is 5.88. The van der Waals surface area contributed by atoms with Crippen molar-refractivity contribution in [2.24, 2.45) is 5.73 Å². The molecule has 17 heavy (non-hydrogen) atoms. The molecule has 0 heterocycles. The Bertz CT molecular complexity index is 441. The lowest BCUT2D eigenvalue weighted by Crippen LogP contribution is -2.19. The molecule has 0 atom stereocenters. The zero-order valence-electron chi connectivity index (χ0n) is 9.47. The lowest BCUT2D eigenvalue weighted by Gasteiger charge is -2.02. The first-order valence-electron chi connectivity index (χ1n) is 5.01. The lowest BCUT2D eigenvalue weighted by atomic mass is 10.2. The maximum atomic E-state index is 10.9. The molecule has 5 nitrogen and oxygen atoms in total. The number of hydrogen-bond donors (Lipinski definition) is 2. The molecule has 1 rings (SSSR count). The van der Waals surface area contributed by atoms with Gasteiger partial charge in [0.1, 0.15) is 0 Å². The van der Waals surface area contributed by atoms with Crippen molar-refractivity contribution < 1.29 is 14.3 Å². The van der Waals surface area contributed by atoms with Crippen LogP contribution in [0.15, 0.2) is 30.3 Å². The van der Waals surface area contributed by atoms with Crippen LogP contribution in [0.1, 0.15) is 12.0 Å². The molecule has 0 aromatic heterocycles. The average Bonchev–Trinajstić information content (AvgIpc) is 2.28. The molecule has 0 spiro atoms. The maximum Gasteiger partial charge on any atom is 0.316 e. The van der Waals surface area contributed by atoms with E-state index in [9.17, 15) is 9.59 Å². The van der Waals surface area contributed by atoms with Gasteiger partial charge in [-0.3, -0.25) is 4.79 Å². The number of nitrogens with one attached hydrogen (secondary N) is 1. The minimum atomic E-state index is -0.610. The van der Waals surface area contributed by atoms with Crippen molar-refractivity contribution in [1.29, 1.82) is 0 Å². The van der Waals surface area contributed by atoms with Gasteiger partial charge in [0.15, 0.2) is 0 Å². The molecule has 0 saturated heterocycles. The van der Waals surface area contributed by atoms with Crippen molar-refractivity contribution in [3.63, 3.8) is 0 Å². The summed E-state index contributed by atoms with van der Waals surface area (Å²) in [5.41, 5.74) is 6.47. The van der Waals surface area contributed by atoms with Crippen molar-refractivity contribution >= 4 is 23.8 Å². The highest BCUT2D eigenvalue weighted by Gasteiger charge is 1.97. The van der Waals surface area contributed by atoms with Crippen LogP contribution in [0.3, 0.4) is 0 Å². The van der Waals surface area contributed by atoms with E-state index in [2.05, 4.69) is 10.1 Å². The molecule has 0 fully saturated rings. The number of carbonyl (C=O) groups is 2. The fourth-order valence-electron chi connectivity index (χ4n) is 1.24. The van der Waals surface area contributed by atoms with Crippen LogP contribution in [0.25, 0.3) is 6.08 Å². The van der Waals surface area contributed by atoms with E-state index in [1.807, 2.05) is 6.07 Å². The maximum absolute atomic E-state index is 10.9. The Morgan fingerprint density at radius 3 is 2.88 bits per heavy atom. The van der Waals surface area contributed by atoms with Crippen molar-refractivity contribution in [1.82, 2.24) is 0 Å². The average molecular weight is 234 g/mol. The monoisotopic (exact) mass is 234 g/mol. The van der Waals surface area contributed by atoms with Gasteiger partial charge in [0.25, 0.3) is 0 Å². The second-order valence-electron chi connectivity index (χ2n) is 3.30. The molecule has 0 aliphatic heterocycles. The summed E-state index contributed by atoms with van der Waals surface area (Å²) in [5.74, 6) is -0.298. The molecule has 0 aliphatic rings. The molecule has 0 bridgehead atoms. The van der Waals surface area contributed by atoms with Crippen molar-refractivity contribution in [3.8, 4) is 0 Å². The van der Waals surface area contributed by atoms with E-state index in [4.69, 9.17) is 5.73 Å². The molecule has 1 aromatic rings. The summed E-state index contributed by atoms with van der Waals surface area (Å²) in [6, 6.07) is 6.49. The number of amides is 2. The van der Waals surface area contributed by atoms with Crippen LogP contribution in [0, 0.1) is 0 Å². The molecule has 0 radical (unpaired) electrons. The number of primary amides is 1. The van der Waals surface area contributed by atoms with Gasteiger partial charge in [-0.15, -0.1) is 0 Å². The highest BCUT2D eigenvalue weighted by atomic mass is 16.5. The van der Waals surface area contributed by atoms with E-state index >= 15 is 0 Å². The Kier molecular flexibility index (Phi) is 4.75. The second kappa shape index (κ2) is 6.32. The Labute approximate surface area is 99.3 Å². The van der Waals surface area contributed by atoms with Crippen LogP contribution in [0.4, 0.5) is 10.5 Å². The van der Waals surface area contributed by atoms with Crippen molar-refractivity contribution in [3.05, 3.63) is 35.9 Å². The fourth-order valence-corrected chi connectivity index (χ4v) is 1.24. The fraction of sp³-hybridized carbons (Fsp3) is 0.167. The van der Waals surface area contributed by atoms with Gasteiger partial charge in [-0.25, -0.2) is 4.79 Å². The van der Waals surface area contributed by atoms with Crippen molar-refractivity contribution in [2.45, 2.75) is 6.42 Å². The first kappa shape index (κ1) is 12.8. The van der Waals surface area contributed by atoms with E-state index in [0.29, 0.717) is 5.69 Å². The summed E-state index contributed by atoms with van der Waals surface area (Å²) in [5, 5.41) is 2.47. The topological polar surface area (TPSA) is 81.4 Å². The second-order valence-corrected chi connectivity index (χ2v) is 3.30. The van der Waals surface area contributed by atoms with Gasteiger partial charge in [-0.05, 0) is 17.7 Å². The predicted octanol–water partition coefficient (Wildman–Crippen LogP) is 1.75. The molecule has 0 unspecified atom stereocenters. The normalized spacial score (nSPS) is 10.2. The number of methoxy groups -OCH3 is 1. The molecule has 2 amide bonds. The van der Waals surface area contributed by atoms with E-state index in [-0.39, 0.29) is 12.4 Å². The minimum Gasteiger partial charge on any atom is -0.469 e. The van der Waals surface area contributed by atoms with Gasteiger partial charge in [-0.2, -0.15) is 0 Å². The van der Waals surface area contributed by atoms with E-state index in [1.165, 1.54) is 7.11 Å². The van der Waals surface area contributed by atoms with E-state index in [0.717, 1.165) is 5.56 Å². The lowest BCUT2D eigenvalue weighted by molar-refractivity contribution is -0.139. The minimum absolute atomic E-state index is 0.212. The summed E-state index contributed by atoms with van der Waals surface area (Å²) in [7, 11) is 1.34. The Morgan fingerprint density at radius 2 is 2.24 bits per heavy atom. The smallest absolute Gasteiger partial charge is 0.316 e. The first-order chi connectivity index (χ1) is 8.11. The molecule has 0 saturated carbocycles. The third-order valence-electron chi connectivity index (χ3n) is 1.98. The van der Waals surface area contributed by atoms with Crippen LogP contribution in [-0.4, -0.2) is 19.1 Å². The molecule has 90 valence electrons. The zero-order valence-corrected chi connectivity index (χ0v) is 9.47. The largest absolute Gasteiger partial charge is 0.469 e. The van der Waals surface area contributed by atoms with E-state index in [1.54, 1.807) is 30.4 Å². The highest BCUT2D eigenvalue weighted by Crippen LogP contribution is 2.12. The summed E-state index contributed by atoms with van der Waals surface area (Å²) in [6.45, 7) is 0. The summed E-state index contributed by atoms with van der Waals surface area (Å²) >= 11 is 0. The Hall–Kier alpha value is -2.30. The molecule has 3 N–H and O–H groups in total.